The van der Waals surface area contributed by atoms with Crippen molar-refractivity contribution in [2.45, 2.75) is 60.1 Å². The molecule has 1 amide bonds. The number of aliphatic imine (C=N–C) groups is 1. The van der Waals surface area contributed by atoms with E-state index in [0.717, 1.165) is 37.6 Å². The molecule has 29 heavy (non-hydrogen) atoms. The highest BCUT2D eigenvalue weighted by Gasteiger charge is 2.35. The fourth-order valence-electron chi connectivity index (χ4n) is 3.82. The third kappa shape index (κ3) is 7.35. The van der Waals surface area contributed by atoms with Crippen molar-refractivity contribution in [3.05, 3.63) is 35.4 Å². The van der Waals surface area contributed by atoms with Gasteiger partial charge < -0.3 is 20.7 Å². The molecule has 2 atom stereocenters. The van der Waals surface area contributed by atoms with Crippen LogP contribution >= 0.6 is 0 Å². The van der Waals surface area contributed by atoms with Gasteiger partial charge in [-0.15, -0.1) is 0 Å². The quantitative estimate of drug-likeness (QED) is 0.483. The third-order valence-electron chi connectivity index (χ3n) is 5.12. The van der Waals surface area contributed by atoms with Crippen molar-refractivity contribution in [3.63, 3.8) is 0 Å². The summed E-state index contributed by atoms with van der Waals surface area (Å²) in [5.41, 5.74) is 1.81. The van der Waals surface area contributed by atoms with Gasteiger partial charge in [-0.05, 0) is 49.8 Å². The molecule has 1 aromatic rings. The van der Waals surface area contributed by atoms with Gasteiger partial charge >= 0.3 is 0 Å². The molecule has 1 heterocycles. The van der Waals surface area contributed by atoms with Crippen molar-refractivity contribution < 1.29 is 9.53 Å². The zero-order chi connectivity index (χ0) is 21.3. The molecule has 1 aromatic carbocycles. The number of hydrogen-bond acceptors (Lipinski definition) is 3. The SMILES string of the molecule is CCNC(=O)c1cccc(CN=C(NCC)NCC2CCCOC2C(C)(C)C)c1. The standard InChI is InChI=1S/C23H38N4O2/c1-6-24-21(28)18-11-8-10-17(14-18)15-26-22(25-7-2)27-16-19-12-9-13-29-20(19)23(3,4)5/h8,10-11,14,19-20H,6-7,9,12-13,15-16H2,1-5H3,(H,24,28)(H2,25,26,27). The maximum Gasteiger partial charge on any atom is 0.251 e. The monoisotopic (exact) mass is 402 g/mol. The Morgan fingerprint density at radius 3 is 2.62 bits per heavy atom. The van der Waals surface area contributed by atoms with E-state index in [4.69, 9.17) is 9.73 Å². The zero-order valence-corrected chi connectivity index (χ0v) is 18.7. The van der Waals surface area contributed by atoms with E-state index in [1.807, 2.05) is 31.2 Å². The van der Waals surface area contributed by atoms with Crippen molar-refractivity contribution in [1.29, 1.82) is 0 Å². The molecule has 2 rings (SSSR count). The topological polar surface area (TPSA) is 74.8 Å². The number of rotatable bonds is 7. The number of amides is 1. The van der Waals surface area contributed by atoms with Gasteiger partial charge in [-0.3, -0.25) is 4.79 Å². The van der Waals surface area contributed by atoms with Crippen LogP contribution in [0.5, 0.6) is 0 Å². The minimum Gasteiger partial charge on any atom is -0.377 e. The Balaban J connectivity index is 2.01. The molecule has 0 aromatic heterocycles. The second-order valence-electron chi connectivity index (χ2n) is 8.70. The smallest absolute Gasteiger partial charge is 0.251 e. The summed E-state index contributed by atoms with van der Waals surface area (Å²) in [7, 11) is 0. The Bertz CT molecular complexity index is 682. The first-order chi connectivity index (χ1) is 13.8. The summed E-state index contributed by atoms with van der Waals surface area (Å²) in [6, 6.07) is 7.64. The molecule has 2 unspecified atom stereocenters. The molecular weight excluding hydrogens is 364 g/mol. The highest BCUT2D eigenvalue weighted by Crippen LogP contribution is 2.33. The Morgan fingerprint density at radius 1 is 1.17 bits per heavy atom. The van der Waals surface area contributed by atoms with E-state index in [1.165, 1.54) is 6.42 Å². The van der Waals surface area contributed by atoms with Gasteiger partial charge in [0.05, 0.1) is 12.6 Å². The number of nitrogens with zero attached hydrogens (tertiary/aromatic N) is 1. The van der Waals surface area contributed by atoms with E-state index in [2.05, 4.69) is 43.6 Å². The molecule has 1 fully saturated rings. The largest absolute Gasteiger partial charge is 0.377 e. The van der Waals surface area contributed by atoms with Gasteiger partial charge in [0, 0.05) is 37.7 Å². The highest BCUT2D eigenvalue weighted by molar-refractivity contribution is 5.94. The van der Waals surface area contributed by atoms with Gasteiger partial charge in [0.2, 0.25) is 0 Å². The molecular formula is C23H38N4O2. The number of guanidine groups is 1. The highest BCUT2D eigenvalue weighted by atomic mass is 16.5. The van der Waals surface area contributed by atoms with E-state index in [1.54, 1.807) is 0 Å². The van der Waals surface area contributed by atoms with Crippen LogP contribution in [0.25, 0.3) is 0 Å². The third-order valence-corrected chi connectivity index (χ3v) is 5.12. The lowest BCUT2D eigenvalue weighted by Gasteiger charge is -2.40. The summed E-state index contributed by atoms with van der Waals surface area (Å²) in [6.07, 6.45) is 2.53. The number of benzene rings is 1. The predicted octanol–water partition coefficient (Wildman–Crippen LogP) is 3.33. The Morgan fingerprint density at radius 2 is 1.93 bits per heavy atom. The summed E-state index contributed by atoms with van der Waals surface area (Å²) >= 11 is 0. The lowest BCUT2D eigenvalue weighted by Crippen LogP contribution is -2.47. The Hall–Kier alpha value is -2.08. The summed E-state index contributed by atoms with van der Waals surface area (Å²) in [5, 5.41) is 9.66. The fourth-order valence-corrected chi connectivity index (χ4v) is 3.82. The molecule has 1 saturated heterocycles. The average molecular weight is 403 g/mol. The second kappa shape index (κ2) is 11.2. The average Bonchev–Trinajstić information content (AvgIpc) is 2.70. The van der Waals surface area contributed by atoms with Crippen LogP contribution in [-0.2, 0) is 11.3 Å². The number of carbonyl (C=O) groups is 1. The Labute approximate surface area is 175 Å². The molecule has 3 N–H and O–H groups in total. The maximum absolute atomic E-state index is 12.0. The first-order valence-electron chi connectivity index (χ1n) is 10.9. The lowest BCUT2D eigenvalue weighted by atomic mass is 9.78. The summed E-state index contributed by atoms with van der Waals surface area (Å²) in [4.78, 5) is 16.8. The minimum atomic E-state index is -0.0473. The molecule has 6 nitrogen and oxygen atoms in total. The van der Waals surface area contributed by atoms with Gasteiger partial charge in [0.15, 0.2) is 5.96 Å². The van der Waals surface area contributed by atoms with E-state index in [-0.39, 0.29) is 17.4 Å². The molecule has 0 aliphatic carbocycles. The van der Waals surface area contributed by atoms with Crippen molar-refractivity contribution in [2.75, 3.05) is 26.2 Å². The van der Waals surface area contributed by atoms with E-state index >= 15 is 0 Å². The lowest BCUT2D eigenvalue weighted by molar-refractivity contribution is -0.0835. The molecule has 0 bridgehead atoms. The maximum atomic E-state index is 12.0. The van der Waals surface area contributed by atoms with Crippen molar-refractivity contribution in [2.24, 2.45) is 16.3 Å². The number of carbonyl (C=O) groups excluding carboxylic acids is 1. The van der Waals surface area contributed by atoms with Crippen LogP contribution in [0.15, 0.2) is 29.3 Å². The summed E-state index contributed by atoms with van der Waals surface area (Å²) < 4.78 is 6.09. The minimum absolute atomic E-state index is 0.0473. The van der Waals surface area contributed by atoms with Crippen LogP contribution in [0.2, 0.25) is 0 Å². The van der Waals surface area contributed by atoms with Gasteiger partial charge in [0.25, 0.3) is 5.91 Å². The molecule has 1 aliphatic heterocycles. The van der Waals surface area contributed by atoms with E-state index < -0.39 is 0 Å². The molecule has 0 radical (unpaired) electrons. The van der Waals surface area contributed by atoms with Crippen LogP contribution in [0, 0.1) is 11.3 Å². The van der Waals surface area contributed by atoms with Crippen LogP contribution in [0.1, 0.15) is 63.4 Å². The van der Waals surface area contributed by atoms with Crippen LogP contribution in [0.3, 0.4) is 0 Å². The molecule has 1 aliphatic rings. The molecule has 162 valence electrons. The summed E-state index contributed by atoms with van der Waals surface area (Å²) in [6.45, 7) is 14.4. The van der Waals surface area contributed by atoms with E-state index in [9.17, 15) is 4.79 Å². The molecule has 0 saturated carbocycles. The van der Waals surface area contributed by atoms with Crippen molar-refractivity contribution >= 4 is 11.9 Å². The Kier molecular flexibility index (Phi) is 8.96. The molecule has 6 heteroatoms. The first kappa shape index (κ1) is 23.2. The number of ether oxygens (including phenoxy) is 1. The van der Waals surface area contributed by atoms with Gasteiger partial charge in [-0.1, -0.05) is 32.9 Å². The zero-order valence-electron chi connectivity index (χ0n) is 18.7. The normalized spacial score (nSPS) is 20.2. The van der Waals surface area contributed by atoms with Crippen LogP contribution < -0.4 is 16.0 Å². The fraction of sp³-hybridized carbons (Fsp3) is 0.652. The van der Waals surface area contributed by atoms with Crippen molar-refractivity contribution in [3.8, 4) is 0 Å². The van der Waals surface area contributed by atoms with Gasteiger partial charge in [-0.2, -0.15) is 0 Å². The van der Waals surface area contributed by atoms with Gasteiger partial charge in [0.1, 0.15) is 0 Å². The second-order valence-corrected chi connectivity index (χ2v) is 8.70. The van der Waals surface area contributed by atoms with Crippen molar-refractivity contribution in [1.82, 2.24) is 16.0 Å². The number of nitrogens with one attached hydrogen (secondary N) is 3. The van der Waals surface area contributed by atoms with Gasteiger partial charge in [-0.25, -0.2) is 4.99 Å². The predicted molar refractivity (Wildman–Crippen MR) is 119 cm³/mol. The van der Waals surface area contributed by atoms with E-state index in [0.29, 0.717) is 24.6 Å². The van der Waals surface area contributed by atoms with Crippen LogP contribution in [0.4, 0.5) is 0 Å². The summed E-state index contributed by atoms with van der Waals surface area (Å²) in [5.74, 6) is 1.22. The first-order valence-corrected chi connectivity index (χ1v) is 10.9. The number of hydrogen-bond donors (Lipinski definition) is 3. The molecule has 0 spiro atoms. The van der Waals surface area contributed by atoms with Crippen LogP contribution in [-0.4, -0.2) is 44.2 Å².